The topological polar surface area (TPSA) is 164 Å². The molecule has 0 unspecified atom stereocenters. The predicted octanol–water partition coefficient (Wildman–Crippen LogP) is 3.51. The normalized spacial score (nSPS) is 4.61. The van der Waals surface area contributed by atoms with Crippen molar-refractivity contribution in [1.29, 1.82) is 5.26 Å². The first-order valence-corrected chi connectivity index (χ1v) is 4.92. The maximum atomic E-state index is 7.13. The van der Waals surface area contributed by atoms with Crippen LogP contribution in [0.15, 0.2) is 0 Å². The number of thiocarbonyl (C=S) groups is 2. The van der Waals surface area contributed by atoms with Crippen molar-refractivity contribution >= 4 is 47.4 Å². The molecule has 0 aromatic rings. The zero-order chi connectivity index (χ0) is 14.9. The number of nitrogens with zero attached hydrogens (tertiary/aromatic N) is 3. The largest absolute Gasteiger partial charge is 3.00 e. The molecule has 0 saturated carbocycles. The van der Waals surface area contributed by atoms with Gasteiger partial charge in [0.2, 0.25) is 0 Å². The van der Waals surface area contributed by atoms with Crippen molar-refractivity contribution in [3.05, 3.63) is 33.8 Å². The van der Waals surface area contributed by atoms with Crippen LogP contribution in [0.4, 0.5) is 0 Å². The molecule has 4 N–H and O–H groups in total. The predicted molar refractivity (Wildman–Crippen MR) is 81.6 cm³/mol. The average Bonchev–Trinajstić information content (AvgIpc) is 2.32. The molecule has 0 aliphatic carbocycles. The number of isothiocyanates is 2. The molecule has 106 valence electrons. The molecular weight excluding hydrogens is 337 g/mol. The minimum Gasteiger partial charge on any atom is -0.753 e. The van der Waals surface area contributed by atoms with Gasteiger partial charge in [-0.3, -0.25) is 0 Å². The van der Waals surface area contributed by atoms with E-state index in [1.807, 2.05) is 0 Å². The average molecular weight is 349 g/mol. The summed E-state index contributed by atoms with van der Waals surface area (Å²) in [4.78, 5) is 0. The smallest absolute Gasteiger partial charge is 0.753 e. The van der Waals surface area contributed by atoms with Gasteiger partial charge < -0.3 is 46.4 Å². The zero-order valence-corrected chi connectivity index (χ0v) is 12.7. The molecule has 0 radical (unpaired) electrons. The molecule has 11 heteroatoms. The molecule has 0 atom stereocenters. The van der Waals surface area contributed by atoms with E-state index >= 15 is 0 Å². The Morgan fingerprint density at radius 2 is 0.944 bits per heavy atom. The minimum atomic E-state index is 0. The Morgan fingerprint density at radius 1 is 0.889 bits per heavy atom. The van der Waals surface area contributed by atoms with E-state index in [0.717, 1.165) is 0 Å². The Morgan fingerprint density at radius 3 is 0.944 bits per heavy atom. The summed E-state index contributed by atoms with van der Waals surface area (Å²) >= 11 is 11.1. The molecular formula is C7H12CoN7S3-4. The van der Waals surface area contributed by atoms with Crippen LogP contribution in [0.5, 0.6) is 0 Å². The van der Waals surface area contributed by atoms with Crippen molar-refractivity contribution in [3.63, 3.8) is 0 Å². The van der Waals surface area contributed by atoms with Crippen LogP contribution in [0, 0.1) is 10.7 Å². The minimum absolute atomic E-state index is 0. The van der Waals surface area contributed by atoms with E-state index in [1.165, 1.54) is 15.7 Å². The van der Waals surface area contributed by atoms with Crippen LogP contribution in [0.3, 0.4) is 0 Å². The van der Waals surface area contributed by atoms with E-state index in [4.69, 9.17) is 39.0 Å². The van der Waals surface area contributed by atoms with Gasteiger partial charge in [-0.05, 0) is 0 Å². The summed E-state index contributed by atoms with van der Waals surface area (Å²) < 4.78 is 0. The van der Waals surface area contributed by atoms with Gasteiger partial charge in [-0.1, -0.05) is 29.8 Å². The summed E-state index contributed by atoms with van der Waals surface area (Å²) in [6, 6.07) is 0. The Labute approximate surface area is 134 Å². The van der Waals surface area contributed by atoms with E-state index in [0.29, 0.717) is 0 Å². The van der Waals surface area contributed by atoms with Crippen molar-refractivity contribution < 1.29 is 16.8 Å². The number of nitrogens with one attached hydrogen (secondary N) is 4. The third-order valence-electron chi connectivity index (χ3n) is 0.250. The maximum Gasteiger partial charge on any atom is 3.00 e. The number of hydrogen-bond donors (Lipinski definition) is 0. The van der Waals surface area contributed by atoms with E-state index in [-0.39, 0.29) is 43.0 Å². The summed E-state index contributed by atoms with van der Waals surface area (Å²) in [5, 5.41) is 25.4. The first kappa shape index (κ1) is 36.1. The monoisotopic (exact) mass is 349 g/mol. The first-order chi connectivity index (χ1) is 8.07. The molecule has 0 fully saturated rings. The molecule has 7 nitrogen and oxygen atoms in total. The fourth-order valence-corrected chi connectivity index (χ4v) is 0. The molecule has 0 aliphatic rings. The van der Waals surface area contributed by atoms with Crippen LogP contribution in [-0.4, -0.2) is 36.5 Å². The number of thiocyanates is 1. The molecule has 0 bridgehead atoms. The summed E-state index contributed by atoms with van der Waals surface area (Å²) in [5.41, 5.74) is 25.1. The second-order valence-electron chi connectivity index (χ2n) is 1.27. The molecule has 18 heavy (non-hydrogen) atoms. The second kappa shape index (κ2) is 92.1. The Bertz CT molecular complexity index is 178. The van der Waals surface area contributed by atoms with Gasteiger partial charge in [0.1, 0.15) is 0 Å². The Hall–Kier alpha value is -0.344. The fraction of sp³-hybridized carbons (Fsp3) is 0.571. The molecule has 0 rings (SSSR count). The van der Waals surface area contributed by atoms with Gasteiger partial charge in [-0.2, -0.15) is 36.5 Å². The van der Waals surface area contributed by atoms with Gasteiger partial charge in [0.15, 0.2) is 0 Å². The molecule has 0 aliphatic heterocycles. The number of nitriles is 1. The van der Waals surface area contributed by atoms with E-state index in [9.17, 15) is 0 Å². The van der Waals surface area contributed by atoms with Crippen LogP contribution >= 0.6 is 24.4 Å². The van der Waals surface area contributed by atoms with Crippen molar-refractivity contribution in [2.45, 2.75) is 0 Å². The van der Waals surface area contributed by atoms with E-state index < -0.39 is 0 Å². The van der Waals surface area contributed by atoms with Crippen LogP contribution in [0.1, 0.15) is 0 Å². The van der Waals surface area contributed by atoms with Crippen LogP contribution in [-0.2, 0) is 29.4 Å². The van der Waals surface area contributed by atoms with Gasteiger partial charge in [0, 0.05) is 0 Å². The van der Waals surface area contributed by atoms with Crippen LogP contribution in [0.2, 0.25) is 0 Å². The third kappa shape index (κ3) is 1230. The van der Waals surface area contributed by atoms with Crippen molar-refractivity contribution in [1.82, 2.24) is 0 Å². The van der Waals surface area contributed by atoms with Crippen LogP contribution in [0.25, 0.3) is 33.8 Å². The molecule has 0 heterocycles. The quantitative estimate of drug-likeness (QED) is 0.322. The van der Waals surface area contributed by atoms with E-state index in [2.05, 4.69) is 37.1 Å². The standard InChI is InChI=1S/2C2H6N2.CHNS.2CNS.Co/c2*3-1-2-4;3*2-1-3;/h2*3-4H,1-2H2;3H;;;/q2*-2;;2*-1;+3/p-1. The van der Waals surface area contributed by atoms with Crippen LogP contribution < -0.4 is 0 Å². The van der Waals surface area contributed by atoms with Gasteiger partial charge >= 0.3 is 16.8 Å². The second-order valence-corrected chi connectivity index (χ2v) is 1.82. The fourth-order valence-electron chi connectivity index (χ4n) is 0. The van der Waals surface area contributed by atoms with Gasteiger partial charge in [0.05, 0.1) is 0 Å². The zero-order valence-electron chi connectivity index (χ0n) is 9.23. The Kier molecular flexibility index (Phi) is 185. The molecule has 0 aromatic heterocycles. The summed E-state index contributed by atoms with van der Waals surface area (Å²) in [7, 11) is 0. The molecule has 0 saturated heterocycles. The van der Waals surface area contributed by atoms with Gasteiger partial charge in [-0.15, -0.1) is 0 Å². The summed E-state index contributed by atoms with van der Waals surface area (Å²) in [6.07, 6.45) is 0. The van der Waals surface area contributed by atoms with Gasteiger partial charge in [-0.25, -0.2) is 5.26 Å². The van der Waals surface area contributed by atoms with Crippen molar-refractivity contribution in [3.8, 4) is 5.40 Å². The molecule has 0 amide bonds. The summed E-state index contributed by atoms with van der Waals surface area (Å²) in [6.45, 7) is 0.944. The van der Waals surface area contributed by atoms with Gasteiger partial charge in [0.25, 0.3) is 0 Å². The number of rotatable bonds is 2. The SMILES string of the molecule is N#C[S-].[Co+3].[N-]=C=S.[N-]=C=S.[NH-]CC[NH-].[NH-]CC[NH-]. The maximum absolute atomic E-state index is 7.13. The molecule has 0 spiro atoms. The molecule has 0 aromatic carbocycles. The first-order valence-electron chi connectivity index (χ1n) is 3.70. The Balaban J connectivity index is -0.0000000249. The van der Waals surface area contributed by atoms with Crippen molar-refractivity contribution in [2.24, 2.45) is 0 Å². The summed E-state index contributed by atoms with van der Waals surface area (Å²) in [5.74, 6) is 0. The third-order valence-corrected chi connectivity index (χ3v) is 0.250. The number of hydrogen-bond acceptors (Lipinski definition) is 4. The van der Waals surface area contributed by atoms with E-state index in [1.54, 1.807) is 0 Å². The van der Waals surface area contributed by atoms with Crippen molar-refractivity contribution in [2.75, 3.05) is 26.2 Å².